The smallest absolute Gasteiger partial charge is 0.0958 e. The summed E-state index contributed by atoms with van der Waals surface area (Å²) < 4.78 is 4.15. The van der Waals surface area contributed by atoms with Crippen molar-refractivity contribution in [2.24, 2.45) is 0 Å². The van der Waals surface area contributed by atoms with Crippen LogP contribution in [0.15, 0.2) is 30.9 Å². The first-order valence-electron chi connectivity index (χ1n) is 10.1. The molecule has 9 heteroatoms. The van der Waals surface area contributed by atoms with Crippen LogP contribution in [0.2, 0.25) is 5.02 Å². The maximum Gasteiger partial charge on any atom is 0.0958 e. The summed E-state index contributed by atoms with van der Waals surface area (Å²) in [6, 6.07) is 4.41. The minimum atomic E-state index is -0.232. The summed E-state index contributed by atoms with van der Waals surface area (Å²) in [4.78, 5) is 4.57. The molecule has 1 fully saturated rings. The molecule has 2 atom stereocenters. The van der Waals surface area contributed by atoms with Crippen molar-refractivity contribution in [3.05, 3.63) is 35.9 Å². The summed E-state index contributed by atoms with van der Waals surface area (Å²) in [6.45, 7) is 6.08. The van der Waals surface area contributed by atoms with Gasteiger partial charge in [-0.25, -0.2) is 4.98 Å². The SMILES string of the molecule is CC(C)n1cc(-c2cc(Cl)cc3ncn(CCC[C@H]4NCCC[C@@H]4O)c23)cn1.Cl.Cl. The van der Waals surface area contributed by atoms with Crippen molar-refractivity contribution in [3.8, 4) is 11.1 Å². The molecule has 0 saturated carbocycles. The zero-order chi connectivity index (χ0) is 19.7. The Morgan fingerprint density at radius 1 is 1.30 bits per heavy atom. The minimum Gasteiger partial charge on any atom is -0.392 e. The number of benzene rings is 1. The number of hydrogen-bond donors (Lipinski definition) is 2. The van der Waals surface area contributed by atoms with Gasteiger partial charge in [0.1, 0.15) is 0 Å². The van der Waals surface area contributed by atoms with Gasteiger partial charge in [0.05, 0.1) is 29.7 Å². The van der Waals surface area contributed by atoms with E-state index in [1.165, 1.54) is 0 Å². The van der Waals surface area contributed by atoms with Gasteiger partial charge in [-0.3, -0.25) is 4.68 Å². The fourth-order valence-corrected chi connectivity index (χ4v) is 4.25. The molecule has 0 bridgehead atoms. The molecule has 0 unspecified atom stereocenters. The topological polar surface area (TPSA) is 67.9 Å². The predicted molar refractivity (Wildman–Crippen MR) is 127 cm³/mol. The molecule has 0 radical (unpaired) electrons. The highest BCUT2D eigenvalue weighted by molar-refractivity contribution is 6.31. The van der Waals surface area contributed by atoms with Gasteiger partial charge in [-0.15, -0.1) is 24.8 Å². The number of aromatic nitrogens is 4. The Morgan fingerprint density at radius 3 is 2.80 bits per heavy atom. The minimum absolute atomic E-state index is 0. The first-order valence-corrected chi connectivity index (χ1v) is 10.5. The average molecular weight is 475 g/mol. The van der Waals surface area contributed by atoms with Crippen molar-refractivity contribution in [2.75, 3.05) is 6.54 Å². The lowest BCUT2D eigenvalue weighted by molar-refractivity contribution is 0.0909. The number of nitrogens with one attached hydrogen (secondary N) is 1. The van der Waals surface area contributed by atoms with Crippen LogP contribution in [0.1, 0.15) is 45.6 Å². The first kappa shape index (κ1) is 25.0. The summed E-state index contributed by atoms with van der Waals surface area (Å²) in [5, 5.41) is 18.8. The van der Waals surface area contributed by atoms with Crippen LogP contribution in [-0.2, 0) is 6.54 Å². The molecular formula is C21H30Cl3N5O. The molecule has 6 nitrogen and oxygen atoms in total. The van der Waals surface area contributed by atoms with E-state index in [0.29, 0.717) is 11.1 Å². The standard InChI is InChI=1S/C21H28ClN5O.2ClH/c1-14(2)27-12-15(11-25-27)17-9-16(22)10-19-21(17)26(13-24-19)8-4-5-18-20(28)6-3-7-23-18;;/h9-14,18,20,23,28H,3-8H2,1-2H3;2*1H/t18-,20+;;/m1../s1. The molecule has 1 saturated heterocycles. The van der Waals surface area contributed by atoms with Gasteiger partial charge in [0, 0.05) is 41.0 Å². The molecule has 1 aliphatic heterocycles. The lowest BCUT2D eigenvalue weighted by Crippen LogP contribution is -2.44. The lowest BCUT2D eigenvalue weighted by atomic mass is 9.97. The van der Waals surface area contributed by atoms with E-state index in [9.17, 15) is 5.11 Å². The van der Waals surface area contributed by atoms with Gasteiger partial charge in [-0.05, 0) is 58.2 Å². The van der Waals surface area contributed by atoms with E-state index in [-0.39, 0.29) is 37.0 Å². The van der Waals surface area contributed by atoms with E-state index in [1.54, 1.807) is 0 Å². The first-order chi connectivity index (χ1) is 13.5. The zero-order valence-corrected chi connectivity index (χ0v) is 19.7. The third-order valence-electron chi connectivity index (χ3n) is 5.58. The maximum atomic E-state index is 10.2. The molecule has 2 N–H and O–H groups in total. The van der Waals surface area contributed by atoms with E-state index < -0.39 is 0 Å². The van der Waals surface area contributed by atoms with E-state index in [0.717, 1.165) is 60.9 Å². The van der Waals surface area contributed by atoms with Crippen LogP contribution in [0.25, 0.3) is 22.2 Å². The molecule has 3 heterocycles. The van der Waals surface area contributed by atoms with Gasteiger partial charge in [0.15, 0.2) is 0 Å². The van der Waals surface area contributed by atoms with Crippen LogP contribution in [-0.4, -0.2) is 43.1 Å². The van der Waals surface area contributed by atoms with Crippen LogP contribution >= 0.6 is 36.4 Å². The molecule has 0 amide bonds. The Hall–Kier alpha value is -1.31. The van der Waals surface area contributed by atoms with Crippen molar-refractivity contribution in [1.29, 1.82) is 0 Å². The molecule has 0 aliphatic carbocycles. The number of aliphatic hydroxyl groups excluding tert-OH is 1. The largest absolute Gasteiger partial charge is 0.392 e. The Balaban J connectivity index is 0.00000160. The molecule has 1 aromatic carbocycles. The second-order valence-electron chi connectivity index (χ2n) is 7.97. The number of rotatable bonds is 6. The fraction of sp³-hybridized carbons (Fsp3) is 0.524. The van der Waals surface area contributed by atoms with E-state index in [1.807, 2.05) is 29.3 Å². The number of nitrogens with zero attached hydrogens (tertiary/aromatic N) is 4. The summed E-state index contributed by atoms with van der Waals surface area (Å²) in [5.74, 6) is 0. The van der Waals surface area contributed by atoms with Crippen molar-refractivity contribution in [2.45, 2.75) is 64.3 Å². The zero-order valence-electron chi connectivity index (χ0n) is 17.3. The molecule has 4 rings (SSSR count). The Labute approximate surface area is 194 Å². The summed E-state index contributed by atoms with van der Waals surface area (Å²) in [5.41, 5.74) is 4.09. The monoisotopic (exact) mass is 473 g/mol. The summed E-state index contributed by atoms with van der Waals surface area (Å²) >= 11 is 6.36. The predicted octanol–water partition coefficient (Wildman–Crippen LogP) is 4.87. The van der Waals surface area contributed by atoms with E-state index in [2.05, 4.69) is 40.0 Å². The van der Waals surface area contributed by atoms with Crippen LogP contribution in [0.5, 0.6) is 0 Å². The van der Waals surface area contributed by atoms with Crippen LogP contribution in [0, 0.1) is 0 Å². The average Bonchev–Trinajstić information content (AvgIpc) is 3.30. The van der Waals surface area contributed by atoms with Gasteiger partial charge in [0.2, 0.25) is 0 Å². The molecule has 1 aliphatic rings. The number of imidazole rings is 1. The number of halogens is 3. The number of aryl methyl sites for hydroxylation is 1. The quantitative estimate of drug-likeness (QED) is 0.535. The highest BCUT2D eigenvalue weighted by Gasteiger charge is 2.22. The third-order valence-corrected chi connectivity index (χ3v) is 5.80. The molecule has 0 spiro atoms. The molecular weight excluding hydrogens is 445 g/mol. The highest BCUT2D eigenvalue weighted by atomic mass is 35.5. The molecule has 3 aromatic rings. The molecule has 30 heavy (non-hydrogen) atoms. The number of fused-ring (bicyclic) bond motifs is 1. The lowest BCUT2D eigenvalue weighted by Gasteiger charge is -2.29. The Kier molecular flexibility index (Phi) is 9.00. The fourth-order valence-electron chi connectivity index (χ4n) is 4.04. The van der Waals surface area contributed by atoms with Crippen molar-refractivity contribution in [3.63, 3.8) is 0 Å². The van der Waals surface area contributed by atoms with Crippen molar-refractivity contribution >= 4 is 47.4 Å². The van der Waals surface area contributed by atoms with Gasteiger partial charge in [0.25, 0.3) is 0 Å². The maximum absolute atomic E-state index is 10.2. The second-order valence-corrected chi connectivity index (χ2v) is 8.41. The van der Waals surface area contributed by atoms with Gasteiger partial charge in [-0.1, -0.05) is 11.6 Å². The van der Waals surface area contributed by atoms with Crippen LogP contribution < -0.4 is 5.32 Å². The number of hydrogen-bond acceptors (Lipinski definition) is 4. The van der Waals surface area contributed by atoms with Gasteiger partial charge in [-0.2, -0.15) is 5.10 Å². The third kappa shape index (κ3) is 5.29. The molecule has 2 aromatic heterocycles. The van der Waals surface area contributed by atoms with Gasteiger partial charge >= 0.3 is 0 Å². The normalized spacial score (nSPS) is 19.0. The van der Waals surface area contributed by atoms with E-state index in [4.69, 9.17) is 11.6 Å². The Bertz CT molecular complexity index is 955. The van der Waals surface area contributed by atoms with Gasteiger partial charge < -0.3 is 15.0 Å². The van der Waals surface area contributed by atoms with Crippen molar-refractivity contribution < 1.29 is 5.11 Å². The van der Waals surface area contributed by atoms with Crippen LogP contribution in [0.3, 0.4) is 0 Å². The number of aliphatic hydroxyl groups is 1. The Morgan fingerprint density at radius 2 is 2.10 bits per heavy atom. The van der Waals surface area contributed by atoms with E-state index >= 15 is 0 Å². The number of piperidine rings is 1. The van der Waals surface area contributed by atoms with Crippen molar-refractivity contribution in [1.82, 2.24) is 24.6 Å². The van der Waals surface area contributed by atoms with Crippen LogP contribution in [0.4, 0.5) is 0 Å². The summed E-state index contributed by atoms with van der Waals surface area (Å²) in [6.07, 6.45) is 9.50. The highest BCUT2D eigenvalue weighted by Crippen LogP contribution is 2.32. The second kappa shape index (κ2) is 10.8. The molecule has 166 valence electrons. The summed E-state index contributed by atoms with van der Waals surface area (Å²) in [7, 11) is 0.